The standard InChI is InChI=1S/C57H55N3O12/c1-5-17-42-28-45(51(69-32-41-23-13-8-14-24-41)50(29-42)68-31-40-21-11-7-12-22-40)54(63)60-48-35-72-56(65)47(59-53(62)44-26-16-27-49(38(44)4)67-30-39-19-9-6-10-20-39)34-70-55(64)46(33-71-57(48)66)58-52(61)43-25-15-18-36(2)37(43)3/h5-29,46-48H,30-35H2,1-4H3,(H,58,61)(H,59,62)(H,60,63)/b17-5+/t46-,47-,48-/m0/s1. The van der Waals surface area contributed by atoms with Crippen LogP contribution in [0.3, 0.4) is 0 Å². The molecule has 6 aromatic rings. The van der Waals surface area contributed by atoms with Crippen LogP contribution in [0.2, 0.25) is 0 Å². The van der Waals surface area contributed by atoms with Gasteiger partial charge in [0.05, 0.1) is 5.56 Å². The first-order chi connectivity index (χ1) is 34.9. The largest absolute Gasteiger partial charge is 0.489 e. The predicted octanol–water partition coefficient (Wildman–Crippen LogP) is 7.72. The lowest BCUT2D eigenvalue weighted by Crippen LogP contribution is -2.53. The van der Waals surface area contributed by atoms with Gasteiger partial charge in [-0.15, -0.1) is 0 Å². The van der Waals surface area contributed by atoms with Crippen molar-refractivity contribution < 1.29 is 57.2 Å². The van der Waals surface area contributed by atoms with E-state index in [1.165, 1.54) is 6.07 Å². The lowest BCUT2D eigenvalue weighted by molar-refractivity contribution is -0.160. The lowest BCUT2D eigenvalue weighted by Gasteiger charge is -2.25. The molecule has 0 radical (unpaired) electrons. The van der Waals surface area contributed by atoms with E-state index in [0.717, 1.165) is 22.3 Å². The molecule has 1 fully saturated rings. The first-order valence-electron chi connectivity index (χ1n) is 23.3. The van der Waals surface area contributed by atoms with Crippen molar-refractivity contribution in [3.8, 4) is 17.2 Å². The average Bonchev–Trinajstić information content (AvgIpc) is 3.39. The van der Waals surface area contributed by atoms with Crippen LogP contribution in [-0.2, 0) is 48.4 Å². The zero-order valence-electron chi connectivity index (χ0n) is 40.3. The Morgan fingerprint density at radius 2 is 0.917 bits per heavy atom. The van der Waals surface area contributed by atoms with Crippen LogP contribution in [-0.4, -0.2) is 73.6 Å². The Labute approximate surface area is 417 Å². The van der Waals surface area contributed by atoms with E-state index in [2.05, 4.69) is 16.0 Å². The maximum absolute atomic E-state index is 14.6. The molecule has 0 bridgehead atoms. The summed E-state index contributed by atoms with van der Waals surface area (Å²) in [6, 6.07) is 36.4. The number of hydrogen-bond donors (Lipinski definition) is 3. The molecule has 3 N–H and O–H groups in total. The fourth-order valence-corrected chi connectivity index (χ4v) is 7.56. The lowest BCUT2D eigenvalue weighted by atomic mass is 10.0. The van der Waals surface area contributed by atoms with Gasteiger partial charge in [0.1, 0.15) is 45.4 Å². The van der Waals surface area contributed by atoms with E-state index in [-0.39, 0.29) is 48.0 Å². The van der Waals surface area contributed by atoms with Crippen molar-refractivity contribution in [1.82, 2.24) is 16.0 Å². The van der Waals surface area contributed by atoms with Gasteiger partial charge in [-0.1, -0.05) is 121 Å². The Morgan fingerprint density at radius 1 is 0.500 bits per heavy atom. The Balaban J connectivity index is 1.18. The maximum Gasteiger partial charge on any atom is 0.332 e. The van der Waals surface area contributed by atoms with Crippen LogP contribution in [0.25, 0.3) is 6.08 Å². The predicted molar refractivity (Wildman–Crippen MR) is 267 cm³/mol. The van der Waals surface area contributed by atoms with Gasteiger partial charge >= 0.3 is 17.9 Å². The topological polar surface area (TPSA) is 194 Å². The molecule has 15 heteroatoms. The number of allylic oxidation sites excluding steroid dienone is 1. The van der Waals surface area contributed by atoms with Gasteiger partial charge in [0, 0.05) is 16.7 Å². The number of amides is 3. The molecule has 72 heavy (non-hydrogen) atoms. The smallest absolute Gasteiger partial charge is 0.332 e. The summed E-state index contributed by atoms with van der Waals surface area (Å²) in [6.45, 7) is 5.15. The molecule has 15 nitrogen and oxygen atoms in total. The third-order valence-electron chi connectivity index (χ3n) is 11.7. The average molecular weight is 974 g/mol. The van der Waals surface area contributed by atoms with Gasteiger partial charge in [-0.25, -0.2) is 14.4 Å². The van der Waals surface area contributed by atoms with Gasteiger partial charge in [0.2, 0.25) is 0 Å². The van der Waals surface area contributed by atoms with Crippen molar-refractivity contribution >= 4 is 41.7 Å². The molecule has 0 unspecified atom stereocenters. The molecule has 6 aromatic carbocycles. The third kappa shape index (κ3) is 13.5. The highest BCUT2D eigenvalue weighted by Gasteiger charge is 2.35. The van der Waals surface area contributed by atoms with E-state index in [4.69, 9.17) is 28.4 Å². The van der Waals surface area contributed by atoms with Gasteiger partial charge < -0.3 is 44.4 Å². The van der Waals surface area contributed by atoms with E-state index < -0.39 is 73.6 Å². The Hall–Kier alpha value is -8.72. The summed E-state index contributed by atoms with van der Waals surface area (Å²) in [6.07, 6.45) is 3.54. The summed E-state index contributed by atoms with van der Waals surface area (Å²) in [5.74, 6) is -4.88. The second-order valence-corrected chi connectivity index (χ2v) is 16.9. The minimum Gasteiger partial charge on any atom is -0.489 e. The van der Waals surface area contributed by atoms with Crippen LogP contribution in [0.5, 0.6) is 17.2 Å². The summed E-state index contributed by atoms with van der Waals surface area (Å²) >= 11 is 0. The Bertz CT molecular complexity index is 2930. The number of rotatable bonds is 16. The SMILES string of the molecule is C/C=C/c1cc(OCc2ccccc2)c(OCc2ccccc2)c(C(=O)N[C@H]2COC(=O)[C@@H](NC(=O)c3cccc(OCc4ccccc4)c3C)COC(=O)[C@@H](NC(=O)c3cccc(C)c3C)COC2=O)c1. The highest BCUT2D eigenvalue weighted by atomic mass is 16.6. The summed E-state index contributed by atoms with van der Waals surface area (Å²) in [7, 11) is 0. The minimum atomic E-state index is -1.70. The van der Waals surface area contributed by atoms with Crippen molar-refractivity contribution in [3.63, 3.8) is 0 Å². The molecule has 0 aliphatic carbocycles. The molecule has 1 saturated heterocycles. The number of carbonyl (C=O) groups is 6. The number of cyclic esters (lactones) is 3. The van der Waals surface area contributed by atoms with Crippen LogP contribution in [0, 0.1) is 20.8 Å². The molecule has 0 spiro atoms. The van der Waals surface area contributed by atoms with Crippen LogP contribution >= 0.6 is 0 Å². The van der Waals surface area contributed by atoms with Gasteiger partial charge in [0.15, 0.2) is 29.6 Å². The number of carbonyl (C=O) groups excluding carboxylic acids is 6. The summed E-state index contributed by atoms with van der Waals surface area (Å²) in [4.78, 5) is 84.3. The first-order valence-corrected chi connectivity index (χ1v) is 23.3. The molecule has 0 saturated carbocycles. The normalized spacial score (nSPS) is 16.2. The fraction of sp³-hybridized carbons (Fsp3) is 0.228. The van der Waals surface area contributed by atoms with Gasteiger partial charge in [-0.2, -0.15) is 0 Å². The van der Waals surface area contributed by atoms with E-state index in [0.29, 0.717) is 22.4 Å². The number of benzene rings is 6. The molecule has 0 aromatic heterocycles. The van der Waals surface area contributed by atoms with Crippen molar-refractivity contribution in [2.75, 3.05) is 19.8 Å². The van der Waals surface area contributed by atoms with Crippen molar-refractivity contribution in [2.24, 2.45) is 0 Å². The van der Waals surface area contributed by atoms with E-state index >= 15 is 0 Å². The quantitative estimate of drug-likeness (QED) is 0.0633. The molecule has 3 atom stereocenters. The monoisotopic (exact) mass is 973 g/mol. The van der Waals surface area contributed by atoms with Crippen LogP contribution < -0.4 is 30.2 Å². The van der Waals surface area contributed by atoms with Crippen LogP contribution in [0.4, 0.5) is 0 Å². The van der Waals surface area contributed by atoms with Crippen LogP contribution in [0.1, 0.15) is 76.9 Å². The van der Waals surface area contributed by atoms with E-state index in [1.54, 1.807) is 62.4 Å². The first kappa shape index (κ1) is 51.1. The van der Waals surface area contributed by atoms with Crippen molar-refractivity contribution in [1.29, 1.82) is 0 Å². The molecule has 7 rings (SSSR count). The molecule has 1 aliphatic heterocycles. The molecule has 370 valence electrons. The second-order valence-electron chi connectivity index (χ2n) is 16.9. The number of esters is 3. The third-order valence-corrected chi connectivity index (χ3v) is 11.7. The number of hydrogen-bond acceptors (Lipinski definition) is 12. The molecular weight excluding hydrogens is 919 g/mol. The fourth-order valence-electron chi connectivity index (χ4n) is 7.56. The Kier molecular flexibility index (Phi) is 17.6. The number of aryl methyl sites for hydroxylation is 1. The van der Waals surface area contributed by atoms with E-state index in [9.17, 15) is 28.8 Å². The zero-order chi connectivity index (χ0) is 51.0. The molecule has 1 aliphatic rings. The van der Waals surface area contributed by atoms with Gasteiger partial charge in [-0.3, -0.25) is 14.4 Å². The Morgan fingerprint density at radius 3 is 1.39 bits per heavy atom. The molecule has 1 heterocycles. The number of ether oxygens (including phenoxy) is 6. The van der Waals surface area contributed by atoms with Gasteiger partial charge in [-0.05, 0) is 91.4 Å². The highest BCUT2D eigenvalue weighted by molar-refractivity contribution is 6.01. The van der Waals surface area contributed by atoms with Crippen LogP contribution in [0.15, 0.2) is 146 Å². The highest BCUT2D eigenvalue weighted by Crippen LogP contribution is 2.35. The minimum absolute atomic E-state index is 0.0347. The summed E-state index contributed by atoms with van der Waals surface area (Å²) in [5, 5.41) is 7.82. The zero-order valence-corrected chi connectivity index (χ0v) is 40.3. The number of nitrogens with one attached hydrogen (secondary N) is 3. The second kappa shape index (κ2) is 24.7. The maximum atomic E-state index is 14.6. The summed E-state index contributed by atoms with van der Waals surface area (Å²) in [5.41, 5.74) is 5.40. The van der Waals surface area contributed by atoms with Gasteiger partial charge in [0.25, 0.3) is 17.7 Å². The molecule has 3 amide bonds. The van der Waals surface area contributed by atoms with E-state index in [1.807, 2.05) is 111 Å². The summed E-state index contributed by atoms with van der Waals surface area (Å²) < 4.78 is 35.4. The van der Waals surface area contributed by atoms with Crippen molar-refractivity contribution in [2.45, 2.75) is 65.6 Å². The van der Waals surface area contributed by atoms with Crippen molar-refractivity contribution in [3.05, 3.63) is 201 Å². The molecular formula is C57H55N3O12.